The van der Waals surface area contributed by atoms with Crippen molar-refractivity contribution in [2.45, 2.75) is 47.5 Å². The predicted molar refractivity (Wildman–Crippen MR) is 82.7 cm³/mol. The summed E-state index contributed by atoms with van der Waals surface area (Å²) in [5, 5.41) is 2.84. The Morgan fingerprint density at radius 1 is 1.29 bits per heavy atom. The van der Waals surface area contributed by atoms with Gasteiger partial charge in [-0.15, -0.1) is 0 Å². The summed E-state index contributed by atoms with van der Waals surface area (Å²) in [6, 6.07) is -0.0964. The van der Waals surface area contributed by atoms with Gasteiger partial charge in [-0.05, 0) is 32.1 Å². The minimum atomic E-state index is -0.138. The Balaban J connectivity index is 2.44. The van der Waals surface area contributed by atoms with Crippen molar-refractivity contribution in [3.63, 3.8) is 0 Å². The van der Waals surface area contributed by atoms with Gasteiger partial charge in [-0.25, -0.2) is 4.79 Å². The van der Waals surface area contributed by atoms with Crippen LogP contribution in [0.15, 0.2) is 11.8 Å². The highest BCUT2D eigenvalue weighted by Gasteiger charge is 2.28. The molecule has 5 nitrogen and oxygen atoms in total. The third kappa shape index (κ3) is 5.40. The van der Waals surface area contributed by atoms with Crippen LogP contribution in [0.25, 0.3) is 0 Å². The zero-order chi connectivity index (χ0) is 16.0. The molecule has 0 aliphatic carbocycles. The average molecular weight is 296 g/mol. The normalized spacial score (nSPS) is 17.6. The van der Waals surface area contributed by atoms with E-state index in [2.05, 4.69) is 26.1 Å². The molecule has 1 heterocycles. The number of esters is 1. The first-order valence-electron chi connectivity index (χ1n) is 7.65. The Bertz CT molecular complexity index is 402. The Kier molecular flexibility index (Phi) is 6.24. The van der Waals surface area contributed by atoms with Crippen LogP contribution >= 0.6 is 0 Å². The van der Waals surface area contributed by atoms with E-state index in [-0.39, 0.29) is 23.3 Å². The lowest BCUT2D eigenvalue weighted by molar-refractivity contribution is -0.149. The van der Waals surface area contributed by atoms with E-state index in [1.165, 1.54) is 0 Å². The van der Waals surface area contributed by atoms with E-state index in [0.29, 0.717) is 32.5 Å². The summed E-state index contributed by atoms with van der Waals surface area (Å²) in [5.41, 5.74) is 1.17. The average Bonchev–Trinajstić information content (AvgIpc) is 2.43. The highest BCUT2D eigenvalue weighted by atomic mass is 16.5. The van der Waals surface area contributed by atoms with Gasteiger partial charge in [0, 0.05) is 19.3 Å². The molecule has 0 aromatic heterocycles. The maximum Gasteiger partial charge on any atom is 0.321 e. The molecule has 2 amide bonds. The van der Waals surface area contributed by atoms with Crippen molar-refractivity contribution >= 4 is 12.0 Å². The molecule has 0 saturated carbocycles. The molecule has 0 bridgehead atoms. The maximum absolute atomic E-state index is 12.1. The van der Waals surface area contributed by atoms with Crippen molar-refractivity contribution in [3.8, 4) is 0 Å². The molecule has 1 rings (SSSR count). The van der Waals surface area contributed by atoms with Crippen molar-refractivity contribution in [1.29, 1.82) is 0 Å². The number of piperidine rings is 1. The first kappa shape index (κ1) is 17.5. The molecule has 0 spiro atoms. The SMILES string of the molecule is CCOC(=O)C1CCN(C(=O)N/C=C(\C)C(C)(C)C)CC1. The summed E-state index contributed by atoms with van der Waals surface area (Å²) < 4.78 is 5.03. The molecular weight excluding hydrogens is 268 g/mol. The van der Waals surface area contributed by atoms with Gasteiger partial charge in [0.05, 0.1) is 12.5 Å². The van der Waals surface area contributed by atoms with Crippen molar-refractivity contribution in [2.24, 2.45) is 11.3 Å². The molecule has 1 fully saturated rings. The summed E-state index contributed by atoms with van der Waals surface area (Å²) in [5.74, 6) is -0.207. The Morgan fingerprint density at radius 2 is 1.86 bits per heavy atom. The third-order valence-corrected chi connectivity index (χ3v) is 4.00. The molecule has 1 saturated heterocycles. The van der Waals surface area contributed by atoms with Gasteiger partial charge in [0.15, 0.2) is 0 Å². The summed E-state index contributed by atoms with van der Waals surface area (Å²) in [6.07, 6.45) is 3.13. The molecule has 1 N–H and O–H groups in total. The zero-order valence-corrected chi connectivity index (χ0v) is 13.9. The lowest BCUT2D eigenvalue weighted by Gasteiger charge is -2.30. The van der Waals surface area contributed by atoms with E-state index >= 15 is 0 Å². The van der Waals surface area contributed by atoms with Crippen LogP contribution in [-0.2, 0) is 9.53 Å². The first-order valence-corrected chi connectivity index (χ1v) is 7.65. The lowest BCUT2D eigenvalue weighted by atomic mass is 9.88. The molecule has 0 aromatic rings. The van der Waals surface area contributed by atoms with E-state index in [0.717, 1.165) is 5.57 Å². The number of nitrogens with zero attached hydrogens (tertiary/aromatic N) is 1. The van der Waals surface area contributed by atoms with Crippen LogP contribution in [0.5, 0.6) is 0 Å². The Hall–Kier alpha value is -1.52. The molecule has 0 aromatic carbocycles. The lowest BCUT2D eigenvalue weighted by Crippen LogP contribution is -2.44. The third-order valence-electron chi connectivity index (χ3n) is 4.00. The van der Waals surface area contributed by atoms with Crippen molar-refractivity contribution in [1.82, 2.24) is 10.2 Å². The minimum Gasteiger partial charge on any atom is -0.466 e. The fourth-order valence-electron chi connectivity index (χ4n) is 2.06. The molecular formula is C16H28N2O3. The molecule has 120 valence electrons. The highest BCUT2D eigenvalue weighted by molar-refractivity contribution is 5.76. The van der Waals surface area contributed by atoms with Crippen LogP contribution in [0, 0.1) is 11.3 Å². The predicted octanol–water partition coefficient (Wildman–Crippen LogP) is 2.92. The number of nitrogens with one attached hydrogen (secondary N) is 1. The second-order valence-corrected chi connectivity index (χ2v) is 6.54. The fourth-order valence-corrected chi connectivity index (χ4v) is 2.06. The van der Waals surface area contributed by atoms with Crippen LogP contribution in [-0.4, -0.2) is 36.6 Å². The summed E-state index contributed by atoms with van der Waals surface area (Å²) in [7, 11) is 0. The molecule has 0 unspecified atom stereocenters. The van der Waals surface area contributed by atoms with Gasteiger partial charge in [-0.3, -0.25) is 4.79 Å². The van der Waals surface area contributed by atoms with E-state index in [1.807, 2.05) is 13.8 Å². The number of amides is 2. The largest absolute Gasteiger partial charge is 0.466 e. The number of urea groups is 1. The fraction of sp³-hybridized carbons (Fsp3) is 0.750. The standard InChI is InChI=1S/C16H28N2O3/c1-6-21-14(19)13-7-9-18(10-8-13)15(20)17-11-12(2)16(3,4)5/h11,13H,6-10H2,1-5H3,(H,17,20)/b12-11+. The number of carbonyl (C=O) groups is 2. The van der Waals surface area contributed by atoms with Gasteiger partial charge in [-0.2, -0.15) is 0 Å². The van der Waals surface area contributed by atoms with Gasteiger partial charge >= 0.3 is 12.0 Å². The highest BCUT2D eigenvalue weighted by Crippen LogP contribution is 2.23. The zero-order valence-electron chi connectivity index (χ0n) is 13.9. The Labute approximate surface area is 127 Å². The van der Waals surface area contributed by atoms with E-state index in [9.17, 15) is 9.59 Å². The van der Waals surface area contributed by atoms with E-state index in [1.54, 1.807) is 11.1 Å². The molecule has 21 heavy (non-hydrogen) atoms. The van der Waals surface area contributed by atoms with Gasteiger partial charge in [-0.1, -0.05) is 26.3 Å². The molecule has 1 aliphatic rings. The van der Waals surface area contributed by atoms with Gasteiger partial charge in [0.1, 0.15) is 0 Å². The first-order chi connectivity index (χ1) is 9.75. The molecule has 5 heteroatoms. The molecule has 0 radical (unpaired) electrons. The van der Waals surface area contributed by atoms with Crippen LogP contribution in [0.4, 0.5) is 4.79 Å². The quantitative estimate of drug-likeness (QED) is 0.815. The molecule has 1 aliphatic heterocycles. The van der Waals surface area contributed by atoms with Crippen LogP contribution in [0.1, 0.15) is 47.5 Å². The maximum atomic E-state index is 12.1. The number of ether oxygens (including phenoxy) is 1. The number of allylic oxidation sites excluding steroid dienone is 1. The Morgan fingerprint density at radius 3 is 2.33 bits per heavy atom. The van der Waals surface area contributed by atoms with Crippen LogP contribution < -0.4 is 5.32 Å². The van der Waals surface area contributed by atoms with Crippen molar-refractivity contribution in [3.05, 3.63) is 11.8 Å². The number of hydrogen-bond donors (Lipinski definition) is 1. The van der Waals surface area contributed by atoms with E-state index < -0.39 is 0 Å². The number of hydrogen-bond acceptors (Lipinski definition) is 3. The van der Waals surface area contributed by atoms with Crippen LogP contribution in [0.2, 0.25) is 0 Å². The van der Waals surface area contributed by atoms with Gasteiger partial charge in [0.25, 0.3) is 0 Å². The second-order valence-electron chi connectivity index (χ2n) is 6.54. The number of likely N-dealkylation sites (tertiary alicyclic amines) is 1. The van der Waals surface area contributed by atoms with Gasteiger partial charge < -0.3 is 15.0 Å². The second kappa shape index (κ2) is 7.48. The smallest absolute Gasteiger partial charge is 0.321 e. The number of rotatable bonds is 3. The van der Waals surface area contributed by atoms with Crippen molar-refractivity contribution in [2.75, 3.05) is 19.7 Å². The summed E-state index contributed by atoms with van der Waals surface area (Å²) >= 11 is 0. The van der Waals surface area contributed by atoms with E-state index in [4.69, 9.17) is 4.74 Å². The van der Waals surface area contributed by atoms with Gasteiger partial charge in [0.2, 0.25) is 0 Å². The number of carbonyl (C=O) groups excluding carboxylic acids is 2. The monoisotopic (exact) mass is 296 g/mol. The van der Waals surface area contributed by atoms with Crippen LogP contribution in [0.3, 0.4) is 0 Å². The topological polar surface area (TPSA) is 58.6 Å². The minimum absolute atomic E-state index is 0.0458. The van der Waals surface area contributed by atoms with Crippen molar-refractivity contribution < 1.29 is 14.3 Å². The molecule has 0 atom stereocenters. The summed E-state index contributed by atoms with van der Waals surface area (Å²) in [4.78, 5) is 25.5. The summed E-state index contributed by atoms with van der Waals surface area (Å²) in [6.45, 7) is 11.7.